The van der Waals surface area contributed by atoms with Crippen molar-refractivity contribution in [2.24, 2.45) is 0 Å². The lowest BCUT2D eigenvalue weighted by Gasteiger charge is -2.36. The van der Waals surface area contributed by atoms with Gasteiger partial charge in [-0.05, 0) is 64.2 Å². The Morgan fingerprint density at radius 3 is 1.95 bits per heavy atom. The maximum Gasteiger partial charge on any atom is 0.412 e. The van der Waals surface area contributed by atoms with E-state index in [0.29, 0.717) is 19.4 Å². The number of carbonyl (C=O) groups excluding carboxylic acids is 1. The number of carbonyl (C=O) groups is 1. The van der Waals surface area contributed by atoms with Crippen molar-refractivity contribution in [3.8, 4) is 0 Å². The molecule has 0 unspecified atom stereocenters. The SMILES string of the molecule is CC(C)(C)OC(=O)N1[C@@H](Cc2ccccc2)[C@H]([C@@H](Cc2ccccc2)N(O)Cc2ccccc2)OC1(C)C. The zero-order valence-electron chi connectivity index (χ0n) is 23.1. The molecule has 3 atom stereocenters. The fourth-order valence-electron chi connectivity index (χ4n) is 5.21. The van der Waals surface area contributed by atoms with Crippen LogP contribution in [-0.2, 0) is 28.9 Å². The minimum Gasteiger partial charge on any atom is -0.444 e. The summed E-state index contributed by atoms with van der Waals surface area (Å²) in [6.07, 6.45) is 0.223. The molecule has 6 heteroatoms. The molecular weight excluding hydrogens is 476 g/mol. The van der Waals surface area contributed by atoms with Gasteiger partial charge in [0.15, 0.2) is 0 Å². The van der Waals surface area contributed by atoms with E-state index in [0.717, 1.165) is 16.7 Å². The normalized spacial score (nSPS) is 19.9. The van der Waals surface area contributed by atoms with Gasteiger partial charge in [0.05, 0.1) is 18.2 Å². The van der Waals surface area contributed by atoms with Gasteiger partial charge in [-0.3, -0.25) is 4.90 Å². The van der Waals surface area contributed by atoms with Crippen LogP contribution in [0.25, 0.3) is 0 Å². The van der Waals surface area contributed by atoms with Gasteiger partial charge in [0, 0.05) is 6.54 Å². The highest BCUT2D eigenvalue weighted by Crippen LogP contribution is 2.38. The van der Waals surface area contributed by atoms with Crippen LogP contribution < -0.4 is 0 Å². The third-order valence-corrected chi connectivity index (χ3v) is 6.83. The Hall–Kier alpha value is -3.19. The van der Waals surface area contributed by atoms with Gasteiger partial charge in [0.2, 0.25) is 0 Å². The molecule has 1 heterocycles. The molecule has 1 amide bonds. The summed E-state index contributed by atoms with van der Waals surface area (Å²) in [5.74, 6) is 0. The number of nitrogens with zero attached hydrogens (tertiary/aromatic N) is 2. The van der Waals surface area contributed by atoms with Gasteiger partial charge in [0.1, 0.15) is 11.3 Å². The standard InChI is InChI=1S/C32H40N2O4/c1-31(2,3)38-30(35)34-28(22-25-17-11-7-12-18-25)29(37-32(34,4)5)27(21-24-15-9-6-10-16-24)33(36)23-26-19-13-8-14-20-26/h6-20,27-29,36H,21-23H2,1-5H3/t27-,28+,29+/m1/s1. The highest BCUT2D eigenvalue weighted by molar-refractivity contribution is 5.70. The van der Waals surface area contributed by atoms with E-state index >= 15 is 0 Å². The van der Waals surface area contributed by atoms with Gasteiger partial charge in [-0.2, -0.15) is 5.06 Å². The molecule has 0 aromatic heterocycles. The number of amides is 1. The van der Waals surface area contributed by atoms with Crippen molar-refractivity contribution in [1.82, 2.24) is 9.96 Å². The van der Waals surface area contributed by atoms with Crippen molar-refractivity contribution in [3.63, 3.8) is 0 Å². The first-order valence-electron chi connectivity index (χ1n) is 13.3. The number of hydroxylamine groups is 2. The first-order chi connectivity index (χ1) is 18.0. The lowest BCUT2D eigenvalue weighted by molar-refractivity contribution is -0.179. The maximum atomic E-state index is 13.6. The maximum absolute atomic E-state index is 13.6. The smallest absolute Gasteiger partial charge is 0.412 e. The minimum absolute atomic E-state index is 0.336. The highest BCUT2D eigenvalue weighted by atomic mass is 16.6. The number of hydrogen-bond donors (Lipinski definition) is 1. The second kappa shape index (κ2) is 11.7. The summed E-state index contributed by atoms with van der Waals surface area (Å²) in [7, 11) is 0. The first-order valence-corrected chi connectivity index (χ1v) is 13.3. The van der Waals surface area contributed by atoms with Crippen molar-refractivity contribution in [3.05, 3.63) is 108 Å². The zero-order valence-corrected chi connectivity index (χ0v) is 23.1. The minimum atomic E-state index is -0.936. The van der Waals surface area contributed by atoms with Crippen molar-refractivity contribution in [1.29, 1.82) is 0 Å². The third kappa shape index (κ3) is 7.01. The van der Waals surface area contributed by atoms with Gasteiger partial charge in [0.25, 0.3) is 0 Å². The van der Waals surface area contributed by atoms with Crippen LogP contribution in [0.3, 0.4) is 0 Å². The average molecular weight is 517 g/mol. The molecule has 6 nitrogen and oxygen atoms in total. The van der Waals surface area contributed by atoms with Crippen LogP contribution in [0.2, 0.25) is 0 Å². The summed E-state index contributed by atoms with van der Waals surface area (Å²) in [5, 5.41) is 12.9. The van der Waals surface area contributed by atoms with Gasteiger partial charge in [-0.1, -0.05) is 91.0 Å². The van der Waals surface area contributed by atoms with Crippen LogP contribution in [0.4, 0.5) is 4.79 Å². The molecule has 1 N–H and O–H groups in total. The molecule has 1 fully saturated rings. The van der Waals surface area contributed by atoms with Gasteiger partial charge in [-0.25, -0.2) is 4.79 Å². The predicted octanol–water partition coefficient (Wildman–Crippen LogP) is 6.47. The lowest BCUT2D eigenvalue weighted by atomic mass is 9.91. The van der Waals surface area contributed by atoms with Crippen LogP contribution in [0.1, 0.15) is 51.3 Å². The fraction of sp³-hybridized carbons (Fsp3) is 0.406. The molecule has 202 valence electrons. The Kier molecular flexibility index (Phi) is 8.56. The molecule has 38 heavy (non-hydrogen) atoms. The van der Waals surface area contributed by atoms with Crippen LogP contribution in [-0.4, -0.2) is 50.8 Å². The number of ether oxygens (including phenoxy) is 2. The second-order valence-corrected chi connectivity index (χ2v) is 11.5. The summed E-state index contributed by atoms with van der Waals surface area (Å²) in [5.41, 5.74) is 1.58. The zero-order chi connectivity index (χ0) is 27.3. The largest absolute Gasteiger partial charge is 0.444 e. The molecule has 3 aromatic carbocycles. The Morgan fingerprint density at radius 1 is 0.921 bits per heavy atom. The summed E-state index contributed by atoms with van der Waals surface area (Å²) in [6.45, 7) is 9.73. The summed E-state index contributed by atoms with van der Waals surface area (Å²) in [4.78, 5) is 15.3. The van der Waals surface area contributed by atoms with Crippen molar-refractivity contribution in [2.45, 2.75) is 83.5 Å². The summed E-state index contributed by atoms with van der Waals surface area (Å²) >= 11 is 0. The molecule has 1 saturated heterocycles. The molecule has 1 aliphatic heterocycles. The lowest BCUT2D eigenvalue weighted by Crippen LogP contribution is -2.53. The number of rotatable bonds is 8. The van der Waals surface area contributed by atoms with E-state index < -0.39 is 29.6 Å². The summed E-state index contributed by atoms with van der Waals surface area (Å²) < 4.78 is 12.6. The predicted molar refractivity (Wildman–Crippen MR) is 149 cm³/mol. The molecule has 0 bridgehead atoms. The topological polar surface area (TPSA) is 62.2 Å². The number of benzene rings is 3. The van der Waals surface area contributed by atoms with Gasteiger partial charge >= 0.3 is 6.09 Å². The fourth-order valence-corrected chi connectivity index (χ4v) is 5.21. The molecule has 4 rings (SSSR count). The van der Waals surface area contributed by atoms with Crippen LogP contribution in [0, 0.1) is 0 Å². The second-order valence-electron chi connectivity index (χ2n) is 11.5. The molecule has 0 saturated carbocycles. The number of hydrogen-bond acceptors (Lipinski definition) is 5. The van der Waals surface area contributed by atoms with Crippen molar-refractivity contribution in [2.75, 3.05) is 0 Å². The average Bonchev–Trinajstić information content (AvgIpc) is 3.13. The van der Waals surface area contributed by atoms with E-state index in [2.05, 4.69) is 24.3 Å². The Bertz CT molecular complexity index is 1160. The van der Waals surface area contributed by atoms with E-state index in [9.17, 15) is 10.0 Å². The molecule has 0 radical (unpaired) electrons. The molecule has 0 spiro atoms. The van der Waals surface area contributed by atoms with E-state index in [4.69, 9.17) is 9.47 Å². The monoisotopic (exact) mass is 516 g/mol. The first kappa shape index (κ1) is 27.8. The van der Waals surface area contributed by atoms with Crippen LogP contribution in [0.15, 0.2) is 91.0 Å². The molecule has 3 aromatic rings. The van der Waals surface area contributed by atoms with E-state index in [1.807, 2.05) is 101 Å². The highest BCUT2D eigenvalue weighted by Gasteiger charge is 2.54. The Labute approximate surface area is 226 Å². The van der Waals surface area contributed by atoms with E-state index in [-0.39, 0.29) is 6.04 Å². The Balaban J connectivity index is 1.73. The van der Waals surface area contributed by atoms with Crippen LogP contribution >= 0.6 is 0 Å². The quantitative estimate of drug-likeness (QED) is 0.348. The van der Waals surface area contributed by atoms with E-state index in [1.54, 1.807) is 4.90 Å². The van der Waals surface area contributed by atoms with Gasteiger partial charge in [-0.15, -0.1) is 0 Å². The van der Waals surface area contributed by atoms with Crippen LogP contribution in [0.5, 0.6) is 0 Å². The molecule has 0 aliphatic carbocycles. The molecule has 1 aliphatic rings. The van der Waals surface area contributed by atoms with Crippen molar-refractivity contribution < 1.29 is 19.5 Å². The summed E-state index contributed by atoms with van der Waals surface area (Å²) in [6, 6.07) is 29.3. The molecular formula is C32H40N2O4. The van der Waals surface area contributed by atoms with Gasteiger partial charge < -0.3 is 14.7 Å². The van der Waals surface area contributed by atoms with E-state index in [1.165, 1.54) is 5.06 Å². The Morgan fingerprint density at radius 2 is 1.42 bits per heavy atom. The van der Waals surface area contributed by atoms with Crippen molar-refractivity contribution >= 4 is 6.09 Å². The third-order valence-electron chi connectivity index (χ3n) is 6.83.